The lowest BCUT2D eigenvalue weighted by molar-refractivity contribution is -0.121. The fraction of sp³-hybridized carbons (Fsp3) is 0.0714. The zero-order chi connectivity index (χ0) is 16.2. The highest BCUT2D eigenvalue weighted by molar-refractivity contribution is 9.10. The first-order valence-electron chi connectivity index (χ1n) is 6.06. The molecule has 2 rings (SSSR count). The Labute approximate surface area is 145 Å². The third kappa shape index (κ3) is 4.82. The first-order chi connectivity index (χ1) is 10.4. The van der Waals surface area contributed by atoms with Crippen molar-refractivity contribution < 1.29 is 17.9 Å². The molecule has 0 atom stereocenters. The molecule has 1 amide bonds. The summed E-state index contributed by atoms with van der Waals surface area (Å²) in [5.41, 5.74) is 0. The summed E-state index contributed by atoms with van der Waals surface area (Å²) in [6.07, 6.45) is 0. The second-order valence-corrected chi connectivity index (χ2v) is 7.74. The predicted molar refractivity (Wildman–Crippen MR) is 89.1 cm³/mol. The van der Waals surface area contributed by atoms with Crippen molar-refractivity contribution in [1.82, 2.24) is 4.72 Å². The number of carbonyl (C=O) groups is 1. The van der Waals surface area contributed by atoms with Gasteiger partial charge in [-0.2, -0.15) is 0 Å². The molecule has 0 aliphatic rings. The number of rotatable bonds is 5. The van der Waals surface area contributed by atoms with Crippen LogP contribution < -0.4 is 9.46 Å². The van der Waals surface area contributed by atoms with Crippen molar-refractivity contribution in [3.8, 4) is 5.75 Å². The lowest BCUT2D eigenvalue weighted by atomic mass is 10.3. The van der Waals surface area contributed by atoms with Crippen LogP contribution in [0.4, 0.5) is 0 Å². The summed E-state index contributed by atoms with van der Waals surface area (Å²) in [5, 5.41) is 0. The normalized spacial score (nSPS) is 11.0. The van der Waals surface area contributed by atoms with E-state index in [4.69, 9.17) is 4.74 Å². The minimum Gasteiger partial charge on any atom is -0.484 e. The molecule has 0 bridgehead atoms. The van der Waals surface area contributed by atoms with Crippen LogP contribution in [-0.2, 0) is 14.8 Å². The molecule has 22 heavy (non-hydrogen) atoms. The summed E-state index contributed by atoms with van der Waals surface area (Å²) in [6, 6.07) is 12.8. The van der Waals surface area contributed by atoms with Crippen LogP contribution in [0.25, 0.3) is 0 Å². The van der Waals surface area contributed by atoms with Gasteiger partial charge in [0.25, 0.3) is 15.9 Å². The van der Waals surface area contributed by atoms with Crippen LogP contribution in [0.1, 0.15) is 0 Å². The molecule has 0 radical (unpaired) electrons. The van der Waals surface area contributed by atoms with E-state index in [2.05, 4.69) is 31.9 Å². The lowest BCUT2D eigenvalue weighted by Crippen LogP contribution is -2.34. The maximum atomic E-state index is 12.0. The number of carbonyl (C=O) groups excluding carboxylic acids is 1. The van der Waals surface area contributed by atoms with E-state index >= 15 is 0 Å². The Morgan fingerprint density at radius 1 is 0.955 bits per heavy atom. The number of nitrogens with one attached hydrogen (secondary N) is 1. The van der Waals surface area contributed by atoms with Gasteiger partial charge in [-0.3, -0.25) is 4.79 Å². The van der Waals surface area contributed by atoms with E-state index in [1.807, 2.05) is 4.72 Å². The van der Waals surface area contributed by atoms with Gasteiger partial charge < -0.3 is 4.74 Å². The molecule has 0 aliphatic heterocycles. The topological polar surface area (TPSA) is 72.5 Å². The molecule has 0 aromatic heterocycles. The summed E-state index contributed by atoms with van der Waals surface area (Å²) < 4.78 is 32.8. The molecule has 5 nitrogen and oxygen atoms in total. The number of hydrogen-bond donors (Lipinski definition) is 1. The Hall–Kier alpha value is -1.38. The van der Waals surface area contributed by atoms with Gasteiger partial charge in [0.1, 0.15) is 5.75 Å². The summed E-state index contributed by atoms with van der Waals surface area (Å²) >= 11 is 6.49. The number of halogens is 2. The van der Waals surface area contributed by atoms with E-state index in [1.54, 1.807) is 36.4 Å². The predicted octanol–water partition coefficient (Wildman–Crippen LogP) is 3.10. The highest BCUT2D eigenvalue weighted by atomic mass is 79.9. The molecule has 0 saturated heterocycles. The van der Waals surface area contributed by atoms with E-state index in [9.17, 15) is 13.2 Å². The van der Waals surface area contributed by atoms with Gasteiger partial charge in [-0.05, 0) is 48.5 Å². The molecule has 0 spiro atoms. The molecule has 116 valence electrons. The third-order valence-corrected chi connectivity index (χ3v) is 5.00. The second kappa shape index (κ2) is 7.26. The lowest BCUT2D eigenvalue weighted by Gasteiger charge is -2.08. The van der Waals surface area contributed by atoms with Gasteiger partial charge in [0.15, 0.2) is 6.61 Å². The fourth-order valence-electron chi connectivity index (χ4n) is 1.53. The largest absolute Gasteiger partial charge is 0.484 e. The third-order valence-electron chi connectivity index (χ3n) is 2.56. The van der Waals surface area contributed by atoms with Gasteiger partial charge in [0, 0.05) is 8.95 Å². The smallest absolute Gasteiger partial charge is 0.271 e. The maximum Gasteiger partial charge on any atom is 0.271 e. The Morgan fingerprint density at radius 3 is 2.00 bits per heavy atom. The van der Waals surface area contributed by atoms with Crippen molar-refractivity contribution in [3.05, 3.63) is 57.5 Å². The van der Waals surface area contributed by atoms with Crippen molar-refractivity contribution in [2.45, 2.75) is 4.90 Å². The molecule has 0 aliphatic carbocycles. The molecule has 2 aromatic rings. The molecule has 8 heteroatoms. The SMILES string of the molecule is O=C(COc1ccc(Br)cc1)NS(=O)(=O)c1ccc(Br)cc1. The van der Waals surface area contributed by atoms with Crippen LogP contribution >= 0.6 is 31.9 Å². The molecule has 0 heterocycles. The fourth-order valence-corrected chi connectivity index (χ4v) is 3.03. The zero-order valence-corrected chi connectivity index (χ0v) is 15.1. The minimum absolute atomic E-state index is 0.00712. The summed E-state index contributed by atoms with van der Waals surface area (Å²) in [4.78, 5) is 11.7. The molecule has 1 N–H and O–H groups in total. The number of amides is 1. The quantitative estimate of drug-likeness (QED) is 0.762. The van der Waals surface area contributed by atoms with E-state index in [0.717, 1.165) is 8.95 Å². The van der Waals surface area contributed by atoms with Crippen LogP contribution in [0.5, 0.6) is 5.75 Å². The average Bonchev–Trinajstić information content (AvgIpc) is 2.46. The van der Waals surface area contributed by atoms with Gasteiger partial charge in [-0.1, -0.05) is 31.9 Å². The van der Waals surface area contributed by atoms with Gasteiger partial charge in [0.2, 0.25) is 0 Å². The monoisotopic (exact) mass is 447 g/mol. The van der Waals surface area contributed by atoms with Crippen molar-refractivity contribution >= 4 is 47.8 Å². The van der Waals surface area contributed by atoms with E-state index in [0.29, 0.717) is 5.75 Å². The van der Waals surface area contributed by atoms with Gasteiger partial charge in [0.05, 0.1) is 4.90 Å². The van der Waals surface area contributed by atoms with E-state index < -0.39 is 22.5 Å². The van der Waals surface area contributed by atoms with Crippen molar-refractivity contribution in [1.29, 1.82) is 0 Å². The first-order valence-corrected chi connectivity index (χ1v) is 9.13. The molecule has 0 fully saturated rings. The molecule has 0 unspecified atom stereocenters. The highest BCUT2D eigenvalue weighted by Crippen LogP contribution is 2.16. The van der Waals surface area contributed by atoms with Crippen molar-refractivity contribution in [2.75, 3.05) is 6.61 Å². The van der Waals surface area contributed by atoms with Crippen LogP contribution in [0, 0.1) is 0 Å². The number of sulfonamides is 1. The van der Waals surface area contributed by atoms with E-state index in [-0.39, 0.29) is 4.90 Å². The van der Waals surface area contributed by atoms with Gasteiger partial charge >= 0.3 is 0 Å². The summed E-state index contributed by atoms with van der Waals surface area (Å²) in [6.45, 7) is -0.391. The van der Waals surface area contributed by atoms with Crippen molar-refractivity contribution in [2.24, 2.45) is 0 Å². The maximum absolute atomic E-state index is 12.0. The zero-order valence-electron chi connectivity index (χ0n) is 11.1. The van der Waals surface area contributed by atoms with E-state index in [1.165, 1.54) is 12.1 Å². The van der Waals surface area contributed by atoms with Crippen LogP contribution in [-0.4, -0.2) is 20.9 Å². The Morgan fingerprint density at radius 2 is 1.45 bits per heavy atom. The van der Waals surface area contributed by atoms with Gasteiger partial charge in [-0.25, -0.2) is 13.1 Å². The average molecular weight is 449 g/mol. The summed E-state index contributed by atoms with van der Waals surface area (Å²) in [7, 11) is -3.90. The minimum atomic E-state index is -3.90. The number of ether oxygens (including phenoxy) is 1. The molecule has 0 saturated carbocycles. The highest BCUT2D eigenvalue weighted by Gasteiger charge is 2.17. The Balaban J connectivity index is 1.96. The second-order valence-electron chi connectivity index (χ2n) is 4.23. The van der Waals surface area contributed by atoms with Gasteiger partial charge in [-0.15, -0.1) is 0 Å². The molecular formula is C14H11Br2NO4S. The number of hydrogen-bond acceptors (Lipinski definition) is 4. The first kappa shape index (κ1) is 17.0. The van der Waals surface area contributed by atoms with Crippen LogP contribution in [0.2, 0.25) is 0 Å². The molecule has 2 aromatic carbocycles. The van der Waals surface area contributed by atoms with Crippen LogP contribution in [0.15, 0.2) is 62.4 Å². The summed E-state index contributed by atoms with van der Waals surface area (Å²) in [5.74, 6) is -0.273. The Kier molecular flexibility index (Phi) is 5.60. The number of benzene rings is 2. The molecular weight excluding hydrogens is 438 g/mol. The van der Waals surface area contributed by atoms with Crippen LogP contribution in [0.3, 0.4) is 0 Å². The standard InChI is InChI=1S/C14H11Br2NO4S/c15-10-1-5-12(6-2-10)21-9-14(18)17-22(19,20)13-7-3-11(16)4-8-13/h1-8H,9H2,(H,17,18). The Bertz CT molecular complexity index is 758. The van der Waals surface area contributed by atoms with Crippen molar-refractivity contribution in [3.63, 3.8) is 0 Å².